The second kappa shape index (κ2) is 5.97. The lowest BCUT2D eigenvalue weighted by molar-refractivity contribution is 0.0859. The summed E-state index contributed by atoms with van der Waals surface area (Å²) in [6.07, 6.45) is 0. The number of carbonyl (C=O) groups excluding carboxylic acids is 1. The first kappa shape index (κ1) is 14.9. The minimum atomic E-state index is -0.00277. The van der Waals surface area contributed by atoms with Crippen LogP contribution < -0.4 is 5.32 Å². The molecule has 2 aromatic carbocycles. The van der Waals surface area contributed by atoms with E-state index in [1.54, 1.807) is 0 Å². The van der Waals surface area contributed by atoms with Crippen LogP contribution in [-0.4, -0.2) is 49.1 Å². The van der Waals surface area contributed by atoms with Gasteiger partial charge in [-0.1, -0.05) is 42.5 Å². The highest BCUT2D eigenvalue weighted by molar-refractivity contribution is 5.86. The first-order chi connectivity index (χ1) is 10.6. The lowest BCUT2D eigenvalue weighted by atomic mass is 10.00. The molecule has 3 rings (SSSR count). The normalized spacial score (nSPS) is 16.6. The second-order valence-electron chi connectivity index (χ2n) is 6.26. The zero-order valence-electron chi connectivity index (χ0n) is 13.4. The predicted molar refractivity (Wildman–Crippen MR) is 89.9 cm³/mol. The third kappa shape index (κ3) is 2.79. The van der Waals surface area contributed by atoms with Crippen molar-refractivity contribution in [1.82, 2.24) is 15.1 Å². The Morgan fingerprint density at radius 1 is 1.18 bits per heavy atom. The van der Waals surface area contributed by atoms with E-state index < -0.39 is 0 Å². The highest BCUT2D eigenvalue weighted by Gasteiger charge is 2.32. The fourth-order valence-corrected chi connectivity index (χ4v) is 2.93. The number of likely N-dealkylation sites (N-methyl/N-ethyl adjacent to an activating group) is 1. The molecule has 1 atom stereocenters. The van der Waals surface area contributed by atoms with Gasteiger partial charge in [0.25, 0.3) is 0 Å². The van der Waals surface area contributed by atoms with Crippen LogP contribution in [0.1, 0.15) is 18.5 Å². The number of likely N-dealkylation sites (tertiary alicyclic amines) is 1. The molecule has 22 heavy (non-hydrogen) atoms. The summed E-state index contributed by atoms with van der Waals surface area (Å²) in [6.45, 7) is 3.66. The second-order valence-corrected chi connectivity index (χ2v) is 6.26. The van der Waals surface area contributed by atoms with Crippen LogP contribution in [0.15, 0.2) is 42.5 Å². The van der Waals surface area contributed by atoms with Crippen LogP contribution in [0, 0.1) is 0 Å². The van der Waals surface area contributed by atoms with Crippen molar-refractivity contribution in [3.05, 3.63) is 48.0 Å². The minimum Gasteiger partial charge on any atom is -0.331 e. The smallest absolute Gasteiger partial charge is 0.317 e. The summed E-state index contributed by atoms with van der Waals surface area (Å²) in [5.74, 6) is 0. The molecule has 1 fully saturated rings. The van der Waals surface area contributed by atoms with Crippen molar-refractivity contribution in [1.29, 1.82) is 0 Å². The van der Waals surface area contributed by atoms with Crippen LogP contribution in [0.4, 0.5) is 4.79 Å². The maximum Gasteiger partial charge on any atom is 0.317 e. The molecule has 0 saturated carbocycles. The number of amides is 2. The van der Waals surface area contributed by atoms with Crippen molar-refractivity contribution in [3.63, 3.8) is 0 Å². The maximum absolute atomic E-state index is 12.3. The molecule has 1 N–H and O–H groups in total. The zero-order valence-corrected chi connectivity index (χ0v) is 13.4. The summed E-state index contributed by atoms with van der Waals surface area (Å²) in [6, 6.07) is 15.0. The number of nitrogens with one attached hydrogen (secondary N) is 1. The maximum atomic E-state index is 12.3. The van der Waals surface area contributed by atoms with Crippen LogP contribution in [-0.2, 0) is 0 Å². The molecule has 1 heterocycles. The summed E-state index contributed by atoms with van der Waals surface area (Å²) in [4.78, 5) is 16.3. The number of urea groups is 1. The lowest BCUT2D eigenvalue weighted by Crippen LogP contribution is -2.61. The third-order valence-electron chi connectivity index (χ3n) is 4.51. The van der Waals surface area contributed by atoms with Crippen LogP contribution in [0.5, 0.6) is 0 Å². The van der Waals surface area contributed by atoms with Crippen LogP contribution >= 0.6 is 0 Å². The van der Waals surface area contributed by atoms with Crippen molar-refractivity contribution in [2.75, 3.05) is 27.2 Å². The predicted octanol–water partition coefficient (Wildman–Crippen LogP) is 2.86. The number of benzene rings is 2. The average molecular weight is 297 g/mol. The molecule has 1 unspecified atom stereocenters. The Morgan fingerprint density at radius 3 is 2.59 bits per heavy atom. The summed E-state index contributed by atoms with van der Waals surface area (Å²) < 4.78 is 0. The molecule has 0 aliphatic carbocycles. The number of fused-ring (bicyclic) bond motifs is 1. The molecular weight excluding hydrogens is 274 g/mol. The Balaban J connectivity index is 1.69. The van der Waals surface area contributed by atoms with Gasteiger partial charge in [-0.05, 0) is 37.4 Å². The molecule has 1 saturated heterocycles. The van der Waals surface area contributed by atoms with E-state index in [-0.39, 0.29) is 12.1 Å². The summed E-state index contributed by atoms with van der Waals surface area (Å²) >= 11 is 0. The van der Waals surface area contributed by atoms with Gasteiger partial charge in [-0.15, -0.1) is 0 Å². The van der Waals surface area contributed by atoms with E-state index in [9.17, 15) is 4.79 Å². The van der Waals surface area contributed by atoms with Gasteiger partial charge in [0.1, 0.15) is 0 Å². The van der Waals surface area contributed by atoms with E-state index in [0.29, 0.717) is 6.04 Å². The first-order valence-electron chi connectivity index (χ1n) is 7.76. The standard InChI is InChI=1S/C18H23N3O/c1-13(19-18(22)21-11-15(12-21)20(2)3)16-10-6-8-14-7-4-5-9-17(14)16/h4-10,13,15H,11-12H2,1-3H3,(H,19,22). The van der Waals surface area contributed by atoms with Gasteiger partial charge in [0.05, 0.1) is 6.04 Å². The van der Waals surface area contributed by atoms with Gasteiger partial charge in [0.2, 0.25) is 0 Å². The molecule has 0 aromatic heterocycles. The Hall–Kier alpha value is -2.07. The average Bonchev–Trinajstić information content (AvgIpc) is 2.44. The van der Waals surface area contributed by atoms with Crippen LogP contribution in [0.3, 0.4) is 0 Å². The molecule has 0 radical (unpaired) electrons. The molecular formula is C18H23N3O. The molecule has 0 bridgehead atoms. The lowest BCUT2D eigenvalue weighted by Gasteiger charge is -2.43. The van der Waals surface area contributed by atoms with Crippen molar-refractivity contribution >= 4 is 16.8 Å². The van der Waals surface area contributed by atoms with E-state index in [1.807, 2.05) is 30.0 Å². The molecule has 4 heteroatoms. The van der Waals surface area contributed by atoms with Crippen molar-refractivity contribution < 1.29 is 4.79 Å². The fourth-order valence-electron chi connectivity index (χ4n) is 2.93. The summed E-state index contributed by atoms with van der Waals surface area (Å²) in [5.41, 5.74) is 1.16. The van der Waals surface area contributed by atoms with E-state index in [2.05, 4.69) is 48.6 Å². The van der Waals surface area contributed by atoms with Gasteiger partial charge in [-0.3, -0.25) is 0 Å². The van der Waals surface area contributed by atoms with Crippen LogP contribution in [0.2, 0.25) is 0 Å². The van der Waals surface area contributed by atoms with E-state index in [1.165, 1.54) is 10.8 Å². The van der Waals surface area contributed by atoms with E-state index in [4.69, 9.17) is 0 Å². The minimum absolute atomic E-state index is 0.00277. The topological polar surface area (TPSA) is 35.6 Å². The fraction of sp³-hybridized carbons (Fsp3) is 0.389. The summed E-state index contributed by atoms with van der Waals surface area (Å²) in [7, 11) is 4.11. The number of hydrogen-bond donors (Lipinski definition) is 1. The van der Waals surface area contributed by atoms with Gasteiger partial charge in [0, 0.05) is 19.1 Å². The highest BCUT2D eigenvalue weighted by Crippen LogP contribution is 2.24. The third-order valence-corrected chi connectivity index (χ3v) is 4.51. The Kier molecular flexibility index (Phi) is 4.03. The Morgan fingerprint density at radius 2 is 1.86 bits per heavy atom. The van der Waals surface area contributed by atoms with Crippen molar-refractivity contribution in [3.8, 4) is 0 Å². The van der Waals surface area contributed by atoms with Crippen molar-refractivity contribution in [2.24, 2.45) is 0 Å². The summed E-state index contributed by atoms with van der Waals surface area (Å²) in [5, 5.41) is 5.53. The van der Waals surface area contributed by atoms with E-state index >= 15 is 0 Å². The number of rotatable bonds is 3. The van der Waals surface area contributed by atoms with Gasteiger partial charge in [-0.25, -0.2) is 4.79 Å². The molecule has 0 spiro atoms. The molecule has 2 amide bonds. The van der Waals surface area contributed by atoms with Crippen molar-refractivity contribution in [2.45, 2.75) is 19.0 Å². The zero-order chi connectivity index (χ0) is 15.7. The number of carbonyl (C=O) groups is 1. The number of hydrogen-bond acceptors (Lipinski definition) is 2. The molecule has 4 nitrogen and oxygen atoms in total. The molecule has 116 valence electrons. The molecule has 1 aliphatic heterocycles. The molecule has 1 aliphatic rings. The quantitative estimate of drug-likeness (QED) is 0.945. The first-order valence-corrected chi connectivity index (χ1v) is 7.76. The molecule has 2 aromatic rings. The SMILES string of the molecule is CC(NC(=O)N1CC(N(C)C)C1)c1cccc2ccccc12. The van der Waals surface area contributed by atoms with Gasteiger partial charge < -0.3 is 15.1 Å². The largest absolute Gasteiger partial charge is 0.331 e. The van der Waals surface area contributed by atoms with Gasteiger partial charge >= 0.3 is 6.03 Å². The van der Waals surface area contributed by atoms with Gasteiger partial charge in [-0.2, -0.15) is 0 Å². The van der Waals surface area contributed by atoms with Gasteiger partial charge in [0.15, 0.2) is 0 Å². The highest BCUT2D eigenvalue weighted by atomic mass is 16.2. The monoisotopic (exact) mass is 297 g/mol. The Labute approximate surface area is 131 Å². The Bertz CT molecular complexity index is 672. The van der Waals surface area contributed by atoms with Crippen LogP contribution in [0.25, 0.3) is 10.8 Å². The number of nitrogens with zero attached hydrogens (tertiary/aromatic N) is 2. The van der Waals surface area contributed by atoms with E-state index in [0.717, 1.165) is 18.7 Å².